The minimum atomic E-state index is -0.497. The monoisotopic (exact) mass is 246 g/mol. The van der Waals surface area contributed by atoms with Gasteiger partial charge in [-0.25, -0.2) is 0 Å². The SMILES string of the molecule is CCOC1(C(=O)Cc2ccccc2)CCCCC1. The van der Waals surface area contributed by atoms with Crippen molar-refractivity contribution in [3.05, 3.63) is 35.9 Å². The predicted molar refractivity (Wildman–Crippen MR) is 72.6 cm³/mol. The zero-order chi connectivity index (χ0) is 12.8. The molecule has 0 amide bonds. The quantitative estimate of drug-likeness (QED) is 0.794. The summed E-state index contributed by atoms with van der Waals surface area (Å²) < 4.78 is 5.85. The summed E-state index contributed by atoms with van der Waals surface area (Å²) in [5.41, 5.74) is 0.593. The summed E-state index contributed by atoms with van der Waals surface area (Å²) in [6.45, 7) is 2.60. The van der Waals surface area contributed by atoms with E-state index in [-0.39, 0.29) is 5.78 Å². The van der Waals surface area contributed by atoms with Gasteiger partial charge in [0, 0.05) is 13.0 Å². The van der Waals surface area contributed by atoms with Crippen LogP contribution < -0.4 is 0 Å². The van der Waals surface area contributed by atoms with Gasteiger partial charge in [0.1, 0.15) is 5.60 Å². The van der Waals surface area contributed by atoms with Gasteiger partial charge in [0.15, 0.2) is 5.78 Å². The maximum Gasteiger partial charge on any atom is 0.168 e. The van der Waals surface area contributed by atoms with Crippen LogP contribution in [0.25, 0.3) is 0 Å². The van der Waals surface area contributed by atoms with Crippen molar-refractivity contribution in [3.8, 4) is 0 Å². The summed E-state index contributed by atoms with van der Waals surface area (Å²) >= 11 is 0. The van der Waals surface area contributed by atoms with Crippen LogP contribution in [-0.4, -0.2) is 18.0 Å². The van der Waals surface area contributed by atoms with Crippen LogP contribution in [-0.2, 0) is 16.0 Å². The standard InChI is InChI=1S/C16H22O2/c1-2-18-16(11-7-4-8-12-16)15(17)13-14-9-5-3-6-10-14/h3,5-6,9-10H,2,4,7-8,11-13H2,1H3. The first-order chi connectivity index (χ1) is 8.77. The van der Waals surface area contributed by atoms with Gasteiger partial charge in [0.25, 0.3) is 0 Å². The van der Waals surface area contributed by atoms with E-state index in [1.807, 2.05) is 37.3 Å². The molecule has 0 aromatic heterocycles. The van der Waals surface area contributed by atoms with Crippen LogP contribution in [0.3, 0.4) is 0 Å². The first-order valence-corrected chi connectivity index (χ1v) is 6.98. The number of benzene rings is 1. The Labute approximate surface area is 109 Å². The number of ether oxygens (including phenoxy) is 1. The van der Waals surface area contributed by atoms with Crippen molar-refractivity contribution in [3.63, 3.8) is 0 Å². The third-order valence-corrected chi connectivity index (χ3v) is 3.80. The molecular formula is C16H22O2. The molecular weight excluding hydrogens is 224 g/mol. The lowest BCUT2D eigenvalue weighted by Gasteiger charge is -2.35. The van der Waals surface area contributed by atoms with Gasteiger partial charge in [-0.15, -0.1) is 0 Å². The minimum Gasteiger partial charge on any atom is -0.367 e. The van der Waals surface area contributed by atoms with E-state index < -0.39 is 5.60 Å². The van der Waals surface area contributed by atoms with Gasteiger partial charge in [0.05, 0.1) is 0 Å². The molecule has 0 N–H and O–H groups in total. The van der Waals surface area contributed by atoms with Crippen molar-refractivity contribution in [2.75, 3.05) is 6.61 Å². The Morgan fingerprint density at radius 1 is 1.17 bits per heavy atom. The highest BCUT2D eigenvalue weighted by Crippen LogP contribution is 2.33. The first kappa shape index (κ1) is 13.3. The van der Waals surface area contributed by atoms with Gasteiger partial charge in [0.2, 0.25) is 0 Å². The molecule has 2 heteroatoms. The summed E-state index contributed by atoms with van der Waals surface area (Å²) in [6.07, 6.45) is 5.74. The fourth-order valence-electron chi connectivity index (χ4n) is 2.85. The molecule has 0 unspecified atom stereocenters. The van der Waals surface area contributed by atoms with Crippen LogP contribution in [0, 0.1) is 0 Å². The molecule has 0 bridgehead atoms. The first-order valence-electron chi connectivity index (χ1n) is 6.98. The lowest BCUT2D eigenvalue weighted by molar-refractivity contribution is -0.148. The van der Waals surface area contributed by atoms with Gasteiger partial charge >= 0.3 is 0 Å². The highest BCUT2D eigenvalue weighted by Gasteiger charge is 2.39. The second-order valence-electron chi connectivity index (χ2n) is 5.07. The Bertz CT molecular complexity index is 372. The number of carbonyl (C=O) groups is 1. The summed E-state index contributed by atoms with van der Waals surface area (Å²) in [4.78, 5) is 12.6. The van der Waals surface area contributed by atoms with Crippen LogP contribution in [0.4, 0.5) is 0 Å². The molecule has 2 rings (SSSR count). The molecule has 0 radical (unpaired) electrons. The van der Waals surface area contributed by atoms with Gasteiger partial charge < -0.3 is 4.74 Å². The molecule has 0 heterocycles. The van der Waals surface area contributed by atoms with E-state index in [4.69, 9.17) is 4.74 Å². The summed E-state index contributed by atoms with van der Waals surface area (Å²) in [6, 6.07) is 9.97. The second-order valence-corrected chi connectivity index (χ2v) is 5.07. The third-order valence-electron chi connectivity index (χ3n) is 3.80. The normalized spacial score (nSPS) is 18.5. The van der Waals surface area contributed by atoms with E-state index >= 15 is 0 Å². The number of ketones is 1. The lowest BCUT2D eigenvalue weighted by Crippen LogP contribution is -2.44. The Hall–Kier alpha value is -1.15. The average molecular weight is 246 g/mol. The van der Waals surface area contributed by atoms with Crippen LogP contribution in [0.15, 0.2) is 30.3 Å². The predicted octanol–water partition coefficient (Wildman–Crippen LogP) is 3.54. The molecule has 1 aliphatic rings. The Kier molecular flexibility index (Phi) is 4.54. The molecule has 0 spiro atoms. The summed E-state index contributed by atoms with van der Waals surface area (Å²) in [5.74, 6) is 0.259. The topological polar surface area (TPSA) is 26.3 Å². The van der Waals surface area contributed by atoms with Gasteiger partial charge in [-0.3, -0.25) is 4.79 Å². The Balaban J connectivity index is 2.08. The fraction of sp³-hybridized carbons (Fsp3) is 0.562. The van der Waals surface area contributed by atoms with Gasteiger partial charge in [-0.1, -0.05) is 49.6 Å². The van der Waals surface area contributed by atoms with Crippen LogP contribution in [0.2, 0.25) is 0 Å². The molecule has 0 saturated heterocycles. The smallest absolute Gasteiger partial charge is 0.168 e. The maximum absolute atomic E-state index is 12.6. The lowest BCUT2D eigenvalue weighted by atomic mass is 9.79. The fourth-order valence-corrected chi connectivity index (χ4v) is 2.85. The zero-order valence-electron chi connectivity index (χ0n) is 11.2. The third kappa shape index (κ3) is 2.99. The second kappa shape index (κ2) is 6.14. The van der Waals surface area contributed by atoms with Crippen molar-refractivity contribution in [2.45, 2.75) is 51.0 Å². The van der Waals surface area contributed by atoms with E-state index in [0.717, 1.165) is 31.2 Å². The number of hydrogen-bond acceptors (Lipinski definition) is 2. The molecule has 1 saturated carbocycles. The van der Waals surface area contributed by atoms with E-state index in [0.29, 0.717) is 13.0 Å². The Morgan fingerprint density at radius 2 is 1.83 bits per heavy atom. The molecule has 0 aliphatic heterocycles. The summed E-state index contributed by atoms with van der Waals surface area (Å²) in [7, 11) is 0. The van der Waals surface area contributed by atoms with Crippen LogP contribution >= 0.6 is 0 Å². The Morgan fingerprint density at radius 3 is 2.44 bits per heavy atom. The average Bonchev–Trinajstić information content (AvgIpc) is 2.41. The van der Waals surface area contributed by atoms with E-state index in [2.05, 4.69) is 0 Å². The van der Waals surface area contributed by atoms with E-state index in [9.17, 15) is 4.79 Å². The van der Waals surface area contributed by atoms with Crippen molar-refractivity contribution >= 4 is 5.78 Å². The molecule has 1 aromatic rings. The van der Waals surface area contributed by atoms with Crippen molar-refractivity contribution < 1.29 is 9.53 Å². The number of Topliss-reactive ketones (excluding diaryl/α,β-unsaturated/α-hetero) is 1. The van der Waals surface area contributed by atoms with Crippen LogP contribution in [0.5, 0.6) is 0 Å². The maximum atomic E-state index is 12.6. The van der Waals surface area contributed by atoms with E-state index in [1.165, 1.54) is 6.42 Å². The number of rotatable bonds is 5. The molecule has 1 fully saturated rings. The van der Waals surface area contributed by atoms with Crippen molar-refractivity contribution in [1.82, 2.24) is 0 Å². The highest BCUT2D eigenvalue weighted by molar-refractivity contribution is 5.89. The van der Waals surface area contributed by atoms with Gasteiger partial charge in [-0.2, -0.15) is 0 Å². The largest absolute Gasteiger partial charge is 0.367 e. The molecule has 98 valence electrons. The molecule has 18 heavy (non-hydrogen) atoms. The molecule has 2 nitrogen and oxygen atoms in total. The van der Waals surface area contributed by atoms with E-state index in [1.54, 1.807) is 0 Å². The molecule has 1 aromatic carbocycles. The number of hydrogen-bond donors (Lipinski definition) is 0. The summed E-state index contributed by atoms with van der Waals surface area (Å²) in [5, 5.41) is 0. The molecule has 1 aliphatic carbocycles. The van der Waals surface area contributed by atoms with Crippen molar-refractivity contribution in [1.29, 1.82) is 0 Å². The molecule has 0 atom stereocenters. The van der Waals surface area contributed by atoms with Crippen molar-refractivity contribution in [2.24, 2.45) is 0 Å². The minimum absolute atomic E-state index is 0.259. The zero-order valence-corrected chi connectivity index (χ0v) is 11.2. The highest BCUT2D eigenvalue weighted by atomic mass is 16.5. The van der Waals surface area contributed by atoms with Crippen LogP contribution in [0.1, 0.15) is 44.6 Å². The van der Waals surface area contributed by atoms with Gasteiger partial charge in [-0.05, 0) is 25.3 Å². The number of carbonyl (C=O) groups excluding carboxylic acids is 1.